The molecule has 0 spiro atoms. The summed E-state index contributed by atoms with van der Waals surface area (Å²) in [6.45, 7) is 0.253. The first-order valence-electron chi connectivity index (χ1n) is 4.22. The first-order chi connectivity index (χ1) is 6.69. The standard InChI is InChI=1S/C10H12BrNO2/c1-14-10(13)9(6-12)7-3-2-4-8(11)5-7/h2-5,9H,6,12H2,1H3. The van der Waals surface area contributed by atoms with Crippen LogP contribution in [-0.4, -0.2) is 19.6 Å². The van der Waals surface area contributed by atoms with Crippen LogP contribution in [0.2, 0.25) is 0 Å². The highest BCUT2D eigenvalue weighted by atomic mass is 79.9. The van der Waals surface area contributed by atoms with Crippen LogP contribution in [0, 0.1) is 0 Å². The Balaban J connectivity index is 2.94. The van der Waals surface area contributed by atoms with E-state index in [4.69, 9.17) is 5.73 Å². The van der Waals surface area contributed by atoms with Gasteiger partial charge in [-0.05, 0) is 17.7 Å². The molecule has 1 unspecified atom stereocenters. The predicted octanol–water partition coefficient (Wildman–Crippen LogP) is 1.66. The van der Waals surface area contributed by atoms with Crippen LogP contribution < -0.4 is 5.73 Å². The second kappa shape index (κ2) is 5.12. The summed E-state index contributed by atoms with van der Waals surface area (Å²) in [5.41, 5.74) is 6.38. The summed E-state index contributed by atoms with van der Waals surface area (Å²) in [5, 5.41) is 0. The molecule has 1 aromatic carbocycles. The highest BCUT2D eigenvalue weighted by Gasteiger charge is 2.19. The molecule has 1 atom stereocenters. The third-order valence-corrected chi connectivity index (χ3v) is 2.47. The summed E-state index contributed by atoms with van der Waals surface area (Å²) in [6, 6.07) is 7.49. The Hall–Kier alpha value is -0.870. The minimum Gasteiger partial charge on any atom is -0.469 e. The molecule has 0 aliphatic rings. The molecule has 0 aromatic heterocycles. The summed E-state index contributed by atoms with van der Waals surface area (Å²) in [4.78, 5) is 11.3. The molecule has 14 heavy (non-hydrogen) atoms. The van der Waals surface area contributed by atoms with Gasteiger partial charge in [-0.25, -0.2) is 0 Å². The number of benzene rings is 1. The second-order valence-corrected chi connectivity index (χ2v) is 3.78. The molecule has 0 saturated heterocycles. The zero-order valence-electron chi connectivity index (χ0n) is 7.87. The Morgan fingerprint density at radius 1 is 1.64 bits per heavy atom. The SMILES string of the molecule is COC(=O)C(CN)c1cccc(Br)c1. The maximum Gasteiger partial charge on any atom is 0.314 e. The Kier molecular flexibility index (Phi) is 4.10. The van der Waals surface area contributed by atoms with E-state index in [2.05, 4.69) is 20.7 Å². The number of hydrogen-bond donors (Lipinski definition) is 1. The molecule has 2 N–H and O–H groups in total. The van der Waals surface area contributed by atoms with E-state index in [1.807, 2.05) is 24.3 Å². The lowest BCUT2D eigenvalue weighted by Crippen LogP contribution is -2.22. The van der Waals surface area contributed by atoms with Crippen LogP contribution in [0.25, 0.3) is 0 Å². The van der Waals surface area contributed by atoms with Crippen LogP contribution in [0.3, 0.4) is 0 Å². The summed E-state index contributed by atoms with van der Waals surface area (Å²) < 4.78 is 5.59. The van der Waals surface area contributed by atoms with E-state index in [0.29, 0.717) is 0 Å². The number of rotatable bonds is 3. The number of carbonyl (C=O) groups excluding carboxylic acids is 1. The van der Waals surface area contributed by atoms with Crippen LogP contribution in [0.1, 0.15) is 11.5 Å². The highest BCUT2D eigenvalue weighted by molar-refractivity contribution is 9.10. The minimum atomic E-state index is -0.377. The van der Waals surface area contributed by atoms with Gasteiger partial charge in [0.05, 0.1) is 13.0 Å². The second-order valence-electron chi connectivity index (χ2n) is 2.87. The monoisotopic (exact) mass is 257 g/mol. The first kappa shape index (κ1) is 11.2. The largest absolute Gasteiger partial charge is 0.469 e. The van der Waals surface area contributed by atoms with Crippen molar-refractivity contribution in [1.82, 2.24) is 0 Å². The Labute approximate surface area is 91.4 Å². The van der Waals surface area contributed by atoms with Gasteiger partial charge in [0.2, 0.25) is 0 Å². The maximum absolute atomic E-state index is 11.3. The fourth-order valence-electron chi connectivity index (χ4n) is 1.23. The van der Waals surface area contributed by atoms with Gasteiger partial charge in [0.15, 0.2) is 0 Å². The van der Waals surface area contributed by atoms with Crippen molar-refractivity contribution in [3.8, 4) is 0 Å². The summed E-state index contributed by atoms with van der Waals surface area (Å²) in [5.74, 6) is -0.678. The topological polar surface area (TPSA) is 52.3 Å². The molecule has 4 heteroatoms. The Morgan fingerprint density at radius 2 is 2.36 bits per heavy atom. The van der Waals surface area contributed by atoms with Crippen LogP contribution >= 0.6 is 15.9 Å². The molecule has 0 heterocycles. The van der Waals surface area contributed by atoms with Crippen molar-refractivity contribution in [2.75, 3.05) is 13.7 Å². The molecule has 1 aromatic rings. The number of hydrogen-bond acceptors (Lipinski definition) is 3. The van der Waals surface area contributed by atoms with E-state index in [-0.39, 0.29) is 18.4 Å². The van der Waals surface area contributed by atoms with E-state index in [1.165, 1.54) is 7.11 Å². The van der Waals surface area contributed by atoms with Crippen LogP contribution in [0.5, 0.6) is 0 Å². The van der Waals surface area contributed by atoms with E-state index >= 15 is 0 Å². The van der Waals surface area contributed by atoms with Crippen LogP contribution in [0.4, 0.5) is 0 Å². The molecule has 0 amide bonds. The predicted molar refractivity (Wildman–Crippen MR) is 58.0 cm³/mol. The van der Waals surface area contributed by atoms with E-state index in [1.54, 1.807) is 0 Å². The number of carbonyl (C=O) groups is 1. The zero-order valence-corrected chi connectivity index (χ0v) is 9.45. The van der Waals surface area contributed by atoms with Crippen LogP contribution in [-0.2, 0) is 9.53 Å². The van der Waals surface area contributed by atoms with Crippen molar-refractivity contribution in [2.24, 2.45) is 5.73 Å². The first-order valence-corrected chi connectivity index (χ1v) is 5.01. The van der Waals surface area contributed by atoms with Gasteiger partial charge in [0, 0.05) is 11.0 Å². The van der Waals surface area contributed by atoms with Gasteiger partial charge in [-0.2, -0.15) is 0 Å². The molecular formula is C10H12BrNO2. The Bertz CT molecular complexity index is 328. The van der Waals surface area contributed by atoms with E-state index < -0.39 is 0 Å². The molecule has 0 bridgehead atoms. The number of ether oxygens (including phenoxy) is 1. The molecule has 3 nitrogen and oxygen atoms in total. The minimum absolute atomic E-state index is 0.253. The molecule has 1 rings (SSSR count). The fraction of sp³-hybridized carbons (Fsp3) is 0.300. The number of nitrogens with two attached hydrogens (primary N) is 1. The quantitative estimate of drug-likeness (QED) is 0.839. The average molecular weight is 258 g/mol. The van der Waals surface area contributed by atoms with Crippen LogP contribution in [0.15, 0.2) is 28.7 Å². The van der Waals surface area contributed by atoms with Gasteiger partial charge in [-0.1, -0.05) is 28.1 Å². The summed E-state index contributed by atoms with van der Waals surface area (Å²) in [6.07, 6.45) is 0. The highest BCUT2D eigenvalue weighted by Crippen LogP contribution is 2.20. The molecule has 0 fully saturated rings. The third-order valence-electron chi connectivity index (χ3n) is 1.97. The summed E-state index contributed by atoms with van der Waals surface area (Å²) >= 11 is 3.34. The lowest BCUT2D eigenvalue weighted by Gasteiger charge is -2.12. The van der Waals surface area contributed by atoms with Gasteiger partial charge in [-0.3, -0.25) is 4.79 Å². The van der Waals surface area contributed by atoms with Crippen molar-refractivity contribution in [1.29, 1.82) is 0 Å². The Morgan fingerprint density at radius 3 is 2.86 bits per heavy atom. The fourth-order valence-corrected chi connectivity index (χ4v) is 1.65. The van der Waals surface area contributed by atoms with Gasteiger partial charge in [0.25, 0.3) is 0 Å². The maximum atomic E-state index is 11.3. The lowest BCUT2D eigenvalue weighted by molar-refractivity contribution is -0.142. The normalized spacial score (nSPS) is 12.2. The zero-order chi connectivity index (χ0) is 10.6. The lowest BCUT2D eigenvalue weighted by atomic mass is 10.00. The molecule has 76 valence electrons. The van der Waals surface area contributed by atoms with Crippen molar-refractivity contribution >= 4 is 21.9 Å². The van der Waals surface area contributed by atoms with E-state index in [0.717, 1.165) is 10.0 Å². The van der Waals surface area contributed by atoms with Gasteiger partial charge >= 0.3 is 5.97 Å². The molecule has 0 saturated carbocycles. The van der Waals surface area contributed by atoms with Gasteiger partial charge < -0.3 is 10.5 Å². The molecule has 0 aliphatic heterocycles. The summed E-state index contributed by atoms with van der Waals surface area (Å²) in [7, 11) is 1.36. The van der Waals surface area contributed by atoms with Crippen molar-refractivity contribution in [3.63, 3.8) is 0 Å². The number of methoxy groups -OCH3 is 1. The smallest absolute Gasteiger partial charge is 0.314 e. The van der Waals surface area contributed by atoms with Crippen molar-refractivity contribution in [2.45, 2.75) is 5.92 Å². The third kappa shape index (κ3) is 2.56. The average Bonchev–Trinajstić information content (AvgIpc) is 2.19. The molecular weight excluding hydrogens is 246 g/mol. The molecule has 0 radical (unpaired) electrons. The number of esters is 1. The van der Waals surface area contributed by atoms with Crippen molar-refractivity contribution in [3.05, 3.63) is 34.3 Å². The van der Waals surface area contributed by atoms with Gasteiger partial charge in [0.1, 0.15) is 0 Å². The van der Waals surface area contributed by atoms with E-state index in [9.17, 15) is 4.79 Å². The molecule has 0 aliphatic carbocycles. The van der Waals surface area contributed by atoms with Crippen molar-refractivity contribution < 1.29 is 9.53 Å². The van der Waals surface area contributed by atoms with Gasteiger partial charge in [-0.15, -0.1) is 0 Å². The number of halogens is 1.